The van der Waals surface area contributed by atoms with Crippen molar-refractivity contribution >= 4 is 19.0 Å². The number of hydrogen-bond acceptors (Lipinski definition) is 0. The Labute approximate surface area is 384 Å². The molecule has 8 aromatic carbocycles. The fourth-order valence-corrected chi connectivity index (χ4v) is 31.3. The Bertz CT molecular complexity index is 2860. The van der Waals surface area contributed by atoms with Crippen LogP contribution in [0.25, 0.3) is 56.7 Å². The molecular weight excluding hydrogens is 864 g/mol. The molecule has 10 rings (SSSR count). The topological polar surface area (TPSA) is 0 Å². The summed E-state index contributed by atoms with van der Waals surface area (Å²) in [6, 6.07) is 77.1. The monoisotopic (exact) mass is 920 g/mol. The summed E-state index contributed by atoms with van der Waals surface area (Å²) in [4.78, 5) is 0. The van der Waals surface area contributed by atoms with Crippen LogP contribution in [0.1, 0.15) is 79.2 Å². The van der Waals surface area contributed by atoms with Gasteiger partial charge in [-0.15, -0.1) is 0 Å². The Balaban J connectivity index is 1.27. The maximum absolute atomic E-state index is 4.39. The first-order valence-electron chi connectivity index (χ1n) is 23.3. The Morgan fingerprint density at radius 2 is 0.641 bits per heavy atom. The molecule has 0 bridgehead atoms. The second kappa shape index (κ2) is 17.4. The van der Waals surface area contributed by atoms with Crippen LogP contribution in [0.3, 0.4) is 0 Å². The maximum atomic E-state index is 2.86. The molecule has 0 amide bonds. The van der Waals surface area contributed by atoms with Gasteiger partial charge in [-0.25, -0.2) is 0 Å². The minimum atomic E-state index is -4.39. The van der Waals surface area contributed by atoms with Crippen molar-refractivity contribution in [2.75, 3.05) is 0 Å². The molecule has 8 aromatic rings. The normalized spacial score (nSPS) is 16.6. The van der Waals surface area contributed by atoms with Crippen molar-refractivity contribution in [1.82, 2.24) is 0 Å². The number of fused-ring (bicyclic) bond motifs is 2. The van der Waals surface area contributed by atoms with E-state index in [4.69, 9.17) is 0 Å². The zero-order chi connectivity index (χ0) is 43.9. The zero-order valence-corrected chi connectivity index (χ0v) is 41.6. The van der Waals surface area contributed by atoms with Crippen molar-refractivity contribution in [3.8, 4) is 44.5 Å². The fourth-order valence-electron chi connectivity index (χ4n) is 11.8. The van der Waals surface area contributed by atoms with Crippen LogP contribution in [-0.4, -0.2) is 6.88 Å². The van der Waals surface area contributed by atoms with Crippen molar-refractivity contribution in [3.63, 3.8) is 0 Å². The molecule has 0 radical (unpaired) electrons. The molecule has 0 spiro atoms. The molecule has 0 saturated heterocycles. The molecule has 0 heterocycles. The third kappa shape index (κ3) is 7.84. The summed E-state index contributed by atoms with van der Waals surface area (Å²) in [6.07, 6.45) is 7.41. The van der Waals surface area contributed by atoms with Gasteiger partial charge in [0.15, 0.2) is 0 Å². The van der Waals surface area contributed by atoms with Crippen LogP contribution in [0, 0.1) is 0 Å². The summed E-state index contributed by atoms with van der Waals surface area (Å²) in [5, 5.41) is 0. The molecule has 2 aliphatic carbocycles. The Morgan fingerprint density at radius 3 is 0.953 bits per heavy atom. The van der Waals surface area contributed by atoms with Gasteiger partial charge in [-0.05, 0) is 0 Å². The van der Waals surface area contributed by atoms with Gasteiger partial charge in [0.05, 0.1) is 0 Å². The third-order valence-corrected chi connectivity index (χ3v) is 32.0. The van der Waals surface area contributed by atoms with E-state index in [1.807, 2.05) is 0 Å². The van der Waals surface area contributed by atoms with E-state index in [0.717, 1.165) is 12.8 Å². The van der Waals surface area contributed by atoms with E-state index >= 15 is 0 Å². The number of rotatable bonds is 12. The minimum absolute atomic E-state index is 0.301. The van der Waals surface area contributed by atoms with Gasteiger partial charge in [-0.1, -0.05) is 0 Å². The third-order valence-electron chi connectivity index (χ3n) is 14.6. The van der Waals surface area contributed by atoms with Crippen molar-refractivity contribution in [1.29, 1.82) is 0 Å². The van der Waals surface area contributed by atoms with Crippen molar-refractivity contribution in [2.24, 2.45) is 0 Å². The molecule has 0 aliphatic heterocycles. The quantitative estimate of drug-likeness (QED) is 0.107. The fraction of sp³-hybridized carbons (Fsp3) is 0.161. The van der Waals surface area contributed by atoms with E-state index in [1.165, 1.54) is 66.8 Å². The van der Waals surface area contributed by atoms with E-state index < -0.39 is 17.4 Å². The first-order chi connectivity index (χ1) is 31.1. The zero-order valence-electron chi connectivity index (χ0n) is 37.7. The molecule has 314 valence electrons. The second-order valence-electron chi connectivity index (χ2n) is 19.7. The van der Waals surface area contributed by atoms with Crippen LogP contribution in [0.4, 0.5) is 0 Å². The molecule has 0 N–H and O–H groups in total. The summed E-state index contributed by atoms with van der Waals surface area (Å²) in [7, 11) is 0. The second-order valence-corrected chi connectivity index (χ2v) is 50.2. The van der Waals surface area contributed by atoms with Crippen molar-refractivity contribution in [3.05, 3.63) is 251 Å². The van der Waals surface area contributed by atoms with Crippen molar-refractivity contribution in [2.45, 2.75) is 55.0 Å². The number of allylic oxidation sites excluding steroid dienone is 2. The van der Waals surface area contributed by atoms with Gasteiger partial charge in [0.2, 0.25) is 0 Å². The molecule has 0 saturated carbocycles. The SMILES string of the molecule is CC(CC1=Cc2c(-c3ccccc3)ccc(-c3ccccc3)c2[CH]1[Zr]([CH3])([CH3])(=[SiH2])[CH]1C(CC(C)c2ccccc2)=Cc2c(-c3ccccc3)ccc(-c3ccccc3)c21)c1ccccc1. The average Bonchev–Trinajstić information content (AvgIpc) is 3.93. The van der Waals surface area contributed by atoms with Crippen LogP contribution in [0.5, 0.6) is 0 Å². The first-order valence-corrected chi connectivity index (χ1v) is 37.0. The van der Waals surface area contributed by atoms with Gasteiger partial charge in [0.25, 0.3) is 0 Å². The summed E-state index contributed by atoms with van der Waals surface area (Å²) < 4.78 is 6.32. The average molecular weight is 922 g/mol. The van der Waals surface area contributed by atoms with Gasteiger partial charge < -0.3 is 0 Å². The molecule has 4 atom stereocenters. The van der Waals surface area contributed by atoms with Crippen LogP contribution < -0.4 is 0 Å². The molecule has 64 heavy (non-hydrogen) atoms. The molecule has 2 heteroatoms. The first kappa shape index (κ1) is 42.3. The summed E-state index contributed by atoms with van der Waals surface area (Å²) >= 11 is -4.39. The van der Waals surface area contributed by atoms with Crippen LogP contribution in [0.2, 0.25) is 9.26 Å². The molecule has 0 fully saturated rings. The molecule has 0 aromatic heterocycles. The molecule has 4 unspecified atom stereocenters. The van der Waals surface area contributed by atoms with Crippen LogP contribution in [0.15, 0.2) is 217 Å². The summed E-state index contributed by atoms with van der Waals surface area (Å²) in [6.45, 7) is 7.41. The molecule has 2 aliphatic rings. The summed E-state index contributed by atoms with van der Waals surface area (Å²) in [5.74, 6) is 0.735. The van der Waals surface area contributed by atoms with E-state index in [0.29, 0.717) is 19.1 Å². The Morgan fingerprint density at radius 1 is 0.375 bits per heavy atom. The number of hydrogen-bond donors (Lipinski definition) is 0. The van der Waals surface area contributed by atoms with Gasteiger partial charge in [0.1, 0.15) is 0 Å². The Kier molecular flexibility index (Phi) is 11.5. The summed E-state index contributed by atoms with van der Waals surface area (Å²) in [5.41, 5.74) is 22.6. The predicted octanol–water partition coefficient (Wildman–Crippen LogP) is 16.7. The number of benzene rings is 8. The van der Waals surface area contributed by atoms with Crippen LogP contribution in [-0.2, 0) is 17.4 Å². The molecular formula is C62H58SiZr. The van der Waals surface area contributed by atoms with Gasteiger partial charge in [0, 0.05) is 0 Å². The predicted molar refractivity (Wildman–Crippen MR) is 275 cm³/mol. The Hall–Kier alpha value is -5.66. The van der Waals surface area contributed by atoms with Gasteiger partial charge in [-0.2, -0.15) is 0 Å². The van der Waals surface area contributed by atoms with Gasteiger partial charge in [-0.3, -0.25) is 0 Å². The van der Waals surface area contributed by atoms with E-state index in [9.17, 15) is 0 Å². The standard InChI is InChI=1S/2C30H25.2CH3.H2Si.Zr/c2*1-22(24-11-5-2-6-12-24)19-23-20-29-27(25-13-7-3-8-14-25)17-18-28(30(29)21-23)26-15-9-4-10-16-26;;;;/h2*2-18,20-22H,19H2,1H3;2*1H3;1H2;. The van der Waals surface area contributed by atoms with Crippen molar-refractivity contribution < 1.29 is 17.4 Å². The van der Waals surface area contributed by atoms with Gasteiger partial charge >= 0.3 is 387 Å². The van der Waals surface area contributed by atoms with E-state index in [-0.39, 0.29) is 0 Å². The van der Waals surface area contributed by atoms with Crippen LogP contribution >= 0.6 is 0 Å². The van der Waals surface area contributed by atoms with E-state index in [2.05, 4.69) is 248 Å². The molecule has 0 nitrogen and oxygen atoms in total. The van der Waals surface area contributed by atoms with E-state index in [1.54, 1.807) is 22.3 Å².